The number of carbonyl (C=O) groups excluding carboxylic acids is 2. The van der Waals surface area contributed by atoms with Crippen molar-refractivity contribution in [3.05, 3.63) is 35.4 Å². The van der Waals surface area contributed by atoms with Crippen molar-refractivity contribution in [2.75, 3.05) is 7.11 Å². The van der Waals surface area contributed by atoms with E-state index in [1.54, 1.807) is 20.8 Å². The molecule has 1 aromatic carbocycles. The first-order valence-electron chi connectivity index (χ1n) is 7.38. The topological polar surface area (TPSA) is 64.6 Å². The molecule has 5 heteroatoms. The molecule has 1 N–H and O–H groups in total. The van der Waals surface area contributed by atoms with Gasteiger partial charge in [-0.2, -0.15) is 0 Å². The number of terminal acetylenes is 1. The van der Waals surface area contributed by atoms with Crippen molar-refractivity contribution in [2.45, 2.75) is 44.2 Å². The number of benzene rings is 1. The van der Waals surface area contributed by atoms with Gasteiger partial charge in [-0.25, -0.2) is 9.59 Å². The van der Waals surface area contributed by atoms with Crippen molar-refractivity contribution < 1.29 is 19.1 Å². The predicted molar refractivity (Wildman–Crippen MR) is 85.9 cm³/mol. The molecular weight excluding hydrogens is 294 g/mol. The summed E-state index contributed by atoms with van der Waals surface area (Å²) in [4.78, 5) is 24.2. The molecule has 1 aliphatic rings. The first-order chi connectivity index (χ1) is 10.7. The van der Waals surface area contributed by atoms with Gasteiger partial charge in [-0.15, -0.1) is 6.42 Å². The summed E-state index contributed by atoms with van der Waals surface area (Å²) in [5.41, 5.74) is -0.0294. The third kappa shape index (κ3) is 3.65. The summed E-state index contributed by atoms with van der Waals surface area (Å²) in [6, 6.07) is 7.34. The molecular formula is C18H21NO4. The van der Waals surface area contributed by atoms with Crippen LogP contribution in [0.1, 0.15) is 44.2 Å². The van der Waals surface area contributed by atoms with Crippen LogP contribution in [-0.4, -0.2) is 30.3 Å². The lowest BCUT2D eigenvalue weighted by Gasteiger charge is -2.23. The Kier molecular flexibility index (Phi) is 4.37. The zero-order chi connectivity index (χ0) is 17.3. The van der Waals surface area contributed by atoms with Gasteiger partial charge in [0.15, 0.2) is 0 Å². The zero-order valence-electron chi connectivity index (χ0n) is 13.8. The summed E-state index contributed by atoms with van der Waals surface area (Å²) in [7, 11) is 1.30. The lowest BCUT2D eigenvalue weighted by molar-refractivity contribution is -0.144. The first kappa shape index (κ1) is 16.9. The molecule has 0 aromatic heterocycles. The van der Waals surface area contributed by atoms with Gasteiger partial charge in [0.25, 0.3) is 0 Å². The van der Waals surface area contributed by atoms with Gasteiger partial charge in [-0.3, -0.25) is 0 Å². The van der Waals surface area contributed by atoms with Crippen LogP contribution in [0.2, 0.25) is 0 Å². The summed E-state index contributed by atoms with van der Waals surface area (Å²) in [5, 5.41) is 2.68. The van der Waals surface area contributed by atoms with Crippen molar-refractivity contribution in [1.29, 1.82) is 0 Å². The van der Waals surface area contributed by atoms with Crippen LogP contribution < -0.4 is 5.32 Å². The highest BCUT2D eigenvalue weighted by molar-refractivity contribution is 5.91. The Morgan fingerprint density at radius 2 is 1.91 bits per heavy atom. The zero-order valence-corrected chi connectivity index (χ0v) is 13.8. The van der Waals surface area contributed by atoms with E-state index in [0.717, 1.165) is 11.1 Å². The molecule has 122 valence electrons. The molecule has 0 bridgehead atoms. The number of esters is 1. The Labute approximate surface area is 136 Å². The fourth-order valence-electron chi connectivity index (χ4n) is 2.56. The third-order valence-electron chi connectivity index (χ3n) is 3.71. The number of alkyl carbamates (subject to hydrolysis) is 1. The average Bonchev–Trinajstić information content (AvgIpc) is 3.19. The monoisotopic (exact) mass is 315 g/mol. The Hall–Kier alpha value is -2.48. The minimum Gasteiger partial charge on any atom is -0.467 e. The van der Waals surface area contributed by atoms with Gasteiger partial charge in [0.2, 0.25) is 0 Å². The van der Waals surface area contributed by atoms with Crippen molar-refractivity contribution in [3.63, 3.8) is 0 Å². The van der Waals surface area contributed by atoms with Gasteiger partial charge < -0.3 is 14.8 Å². The number of hydrogen-bond acceptors (Lipinski definition) is 4. The average molecular weight is 315 g/mol. The first-order valence-corrected chi connectivity index (χ1v) is 7.38. The van der Waals surface area contributed by atoms with Gasteiger partial charge in [-0.05, 0) is 44.9 Å². The molecule has 0 spiro atoms. The summed E-state index contributed by atoms with van der Waals surface area (Å²) in [6.07, 6.45) is 5.17. The van der Waals surface area contributed by atoms with Gasteiger partial charge in [0, 0.05) is 11.5 Å². The van der Waals surface area contributed by atoms with Crippen molar-refractivity contribution in [1.82, 2.24) is 5.32 Å². The predicted octanol–water partition coefficient (Wildman–Crippen LogP) is 2.59. The normalized spacial score (nSPS) is 22.7. The Bertz CT molecular complexity index is 651. The van der Waals surface area contributed by atoms with E-state index in [4.69, 9.17) is 15.9 Å². The lowest BCUT2D eigenvalue weighted by atomic mass is 10.0. The second kappa shape index (κ2) is 5.96. The van der Waals surface area contributed by atoms with Crippen molar-refractivity contribution in [3.8, 4) is 12.3 Å². The van der Waals surface area contributed by atoms with E-state index in [-0.39, 0.29) is 5.92 Å². The maximum Gasteiger partial charge on any atom is 0.408 e. The van der Waals surface area contributed by atoms with Crippen LogP contribution in [0.3, 0.4) is 0 Å². The highest BCUT2D eigenvalue weighted by Crippen LogP contribution is 2.52. The Balaban J connectivity index is 2.18. The van der Waals surface area contributed by atoms with E-state index in [0.29, 0.717) is 6.42 Å². The van der Waals surface area contributed by atoms with Crippen LogP contribution in [0.5, 0.6) is 0 Å². The van der Waals surface area contributed by atoms with Gasteiger partial charge in [-0.1, -0.05) is 18.1 Å². The highest BCUT2D eigenvalue weighted by Gasteiger charge is 2.63. The summed E-state index contributed by atoms with van der Waals surface area (Å²) >= 11 is 0. The van der Waals surface area contributed by atoms with E-state index in [9.17, 15) is 9.59 Å². The van der Waals surface area contributed by atoms with Crippen molar-refractivity contribution >= 4 is 12.1 Å². The summed E-state index contributed by atoms with van der Waals surface area (Å²) in [5.74, 6) is 1.91. The fraction of sp³-hybridized carbons (Fsp3) is 0.444. The molecule has 1 aromatic rings. The maximum atomic E-state index is 12.2. The Morgan fingerprint density at radius 1 is 1.30 bits per heavy atom. The molecule has 0 radical (unpaired) electrons. The molecule has 0 unspecified atom stereocenters. The largest absolute Gasteiger partial charge is 0.467 e. The minimum atomic E-state index is -1.07. The van der Waals surface area contributed by atoms with E-state index in [1.807, 2.05) is 24.3 Å². The van der Waals surface area contributed by atoms with Crippen LogP contribution in [0, 0.1) is 12.3 Å². The summed E-state index contributed by atoms with van der Waals surface area (Å²) in [6.45, 7) is 5.29. The number of amides is 1. The second-order valence-corrected chi connectivity index (χ2v) is 6.61. The van der Waals surface area contributed by atoms with Gasteiger partial charge in [0.1, 0.15) is 11.1 Å². The number of rotatable bonds is 3. The number of nitrogens with one attached hydrogen (secondary N) is 1. The molecule has 1 aliphatic carbocycles. The number of ether oxygens (including phenoxy) is 2. The smallest absolute Gasteiger partial charge is 0.408 e. The number of methoxy groups -OCH3 is 1. The minimum absolute atomic E-state index is 0.158. The molecule has 2 rings (SSSR count). The number of hydrogen-bond donors (Lipinski definition) is 1. The van der Waals surface area contributed by atoms with Crippen LogP contribution >= 0.6 is 0 Å². The standard InChI is InChI=1S/C18H21NO4/c1-6-12-7-9-13(10-8-12)14-11-18(14,15(20)22-5)19-16(21)23-17(2,3)4/h1,7-10,14H,11H2,2-5H3,(H,19,21)/t14-,18-/m1/s1. The van der Waals surface area contributed by atoms with Gasteiger partial charge in [0.05, 0.1) is 7.11 Å². The van der Waals surface area contributed by atoms with Crippen LogP contribution in [0.4, 0.5) is 4.79 Å². The van der Waals surface area contributed by atoms with Crippen molar-refractivity contribution in [2.24, 2.45) is 0 Å². The SMILES string of the molecule is C#Cc1ccc([C@H]2C[C@]2(NC(=O)OC(C)(C)C)C(=O)OC)cc1. The van der Waals surface area contributed by atoms with E-state index >= 15 is 0 Å². The molecule has 1 fully saturated rings. The molecule has 0 saturated heterocycles. The quantitative estimate of drug-likeness (QED) is 0.688. The third-order valence-corrected chi connectivity index (χ3v) is 3.71. The van der Waals surface area contributed by atoms with E-state index < -0.39 is 23.2 Å². The second-order valence-electron chi connectivity index (χ2n) is 6.61. The van der Waals surface area contributed by atoms with Crippen LogP contribution in [0.15, 0.2) is 24.3 Å². The molecule has 5 nitrogen and oxygen atoms in total. The summed E-state index contributed by atoms with van der Waals surface area (Å²) < 4.78 is 10.1. The molecule has 2 atom stereocenters. The molecule has 0 aliphatic heterocycles. The molecule has 0 heterocycles. The Morgan fingerprint density at radius 3 is 2.39 bits per heavy atom. The number of carbonyl (C=O) groups is 2. The van der Waals surface area contributed by atoms with E-state index in [1.165, 1.54) is 7.11 Å². The fourth-order valence-corrected chi connectivity index (χ4v) is 2.56. The molecule has 1 saturated carbocycles. The maximum absolute atomic E-state index is 12.2. The lowest BCUT2D eigenvalue weighted by Crippen LogP contribution is -2.47. The van der Waals surface area contributed by atoms with Gasteiger partial charge >= 0.3 is 12.1 Å². The highest BCUT2D eigenvalue weighted by atomic mass is 16.6. The van der Waals surface area contributed by atoms with E-state index in [2.05, 4.69) is 11.2 Å². The molecule has 23 heavy (non-hydrogen) atoms. The van der Waals surface area contributed by atoms with Crippen LogP contribution in [-0.2, 0) is 14.3 Å². The molecule has 1 amide bonds. The van der Waals surface area contributed by atoms with Crippen LogP contribution in [0.25, 0.3) is 0 Å².